The van der Waals surface area contributed by atoms with Gasteiger partial charge < -0.3 is 4.74 Å². The number of nitriles is 1. The van der Waals surface area contributed by atoms with E-state index in [1.165, 1.54) is 19.3 Å². The highest BCUT2D eigenvalue weighted by atomic mass is 16.5. The van der Waals surface area contributed by atoms with Crippen LogP contribution in [0, 0.1) is 17.2 Å². The lowest BCUT2D eigenvalue weighted by Crippen LogP contribution is -2.47. The van der Waals surface area contributed by atoms with Gasteiger partial charge in [-0.15, -0.1) is 0 Å². The minimum atomic E-state index is -0.479. The summed E-state index contributed by atoms with van der Waals surface area (Å²) in [5.74, 6) is 0.915. The van der Waals surface area contributed by atoms with E-state index in [9.17, 15) is 5.26 Å². The molecule has 1 aliphatic carbocycles. The minimum Gasteiger partial charge on any atom is -0.378 e. The molecule has 0 saturated heterocycles. The summed E-state index contributed by atoms with van der Waals surface area (Å²) in [7, 11) is 0. The number of rotatable bonds is 8. The monoisotopic (exact) mass is 238 g/mol. The first-order valence-corrected chi connectivity index (χ1v) is 6.76. The zero-order valence-electron chi connectivity index (χ0n) is 11.6. The van der Waals surface area contributed by atoms with Crippen LogP contribution in [0.4, 0.5) is 0 Å². The van der Waals surface area contributed by atoms with Gasteiger partial charge in [0.1, 0.15) is 5.54 Å². The van der Waals surface area contributed by atoms with Crippen LogP contribution in [0.3, 0.4) is 0 Å². The zero-order chi connectivity index (χ0) is 12.9. The fraction of sp³-hybridized carbons (Fsp3) is 0.929. The second-order valence-electron chi connectivity index (χ2n) is 5.86. The largest absolute Gasteiger partial charge is 0.378 e. The van der Waals surface area contributed by atoms with Gasteiger partial charge in [-0.05, 0) is 40.0 Å². The normalized spacial score (nSPS) is 20.9. The fourth-order valence-electron chi connectivity index (χ4n) is 2.25. The first-order chi connectivity index (χ1) is 7.95. The Morgan fingerprint density at radius 1 is 1.41 bits per heavy atom. The number of nitrogens with zero attached hydrogens (tertiary/aromatic N) is 1. The molecule has 17 heavy (non-hydrogen) atoms. The fourth-order valence-corrected chi connectivity index (χ4v) is 2.25. The van der Waals surface area contributed by atoms with E-state index >= 15 is 0 Å². The highest BCUT2D eigenvalue weighted by Gasteiger charge is 2.27. The molecular weight excluding hydrogens is 212 g/mol. The number of nitrogens with one attached hydrogen (secondary N) is 1. The number of ether oxygens (including phenoxy) is 1. The van der Waals surface area contributed by atoms with Crippen LogP contribution < -0.4 is 5.32 Å². The third kappa shape index (κ3) is 6.05. The topological polar surface area (TPSA) is 45.0 Å². The number of hydrogen-bond acceptors (Lipinski definition) is 3. The predicted molar refractivity (Wildman–Crippen MR) is 69.7 cm³/mol. The Bertz CT molecular complexity index is 268. The maximum absolute atomic E-state index is 9.24. The lowest BCUT2D eigenvalue weighted by molar-refractivity contribution is 0.0431. The molecule has 0 radical (unpaired) electrons. The lowest BCUT2D eigenvalue weighted by atomic mass is 9.95. The van der Waals surface area contributed by atoms with E-state index in [0.717, 1.165) is 18.9 Å². The summed E-state index contributed by atoms with van der Waals surface area (Å²) in [5, 5.41) is 12.5. The van der Waals surface area contributed by atoms with Crippen LogP contribution in [0.5, 0.6) is 0 Å². The Hall–Kier alpha value is -0.590. The maximum atomic E-state index is 9.24. The molecule has 2 atom stereocenters. The average molecular weight is 238 g/mol. The summed E-state index contributed by atoms with van der Waals surface area (Å²) in [5.41, 5.74) is -0.479. The molecule has 2 unspecified atom stereocenters. The molecule has 1 aliphatic rings. The van der Waals surface area contributed by atoms with Crippen molar-refractivity contribution in [3.05, 3.63) is 0 Å². The first-order valence-electron chi connectivity index (χ1n) is 6.76. The van der Waals surface area contributed by atoms with E-state index in [4.69, 9.17) is 4.74 Å². The predicted octanol–water partition coefficient (Wildman–Crippen LogP) is 2.86. The molecule has 0 aliphatic heterocycles. The number of hydrogen-bond donors (Lipinski definition) is 1. The summed E-state index contributed by atoms with van der Waals surface area (Å²) in [6.45, 7) is 8.98. The van der Waals surface area contributed by atoms with Crippen LogP contribution in [0.25, 0.3) is 0 Å². The van der Waals surface area contributed by atoms with Gasteiger partial charge in [0, 0.05) is 19.1 Å². The Labute approximate surface area is 106 Å². The van der Waals surface area contributed by atoms with E-state index in [-0.39, 0.29) is 6.10 Å². The van der Waals surface area contributed by atoms with Crippen molar-refractivity contribution in [3.63, 3.8) is 0 Å². The van der Waals surface area contributed by atoms with Crippen LogP contribution in [0.15, 0.2) is 0 Å². The van der Waals surface area contributed by atoms with Gasteiger partial charge in [-0.2, -0.15) is 5.26 Å². The molecule has 1 rings (SSSR count). The maximum Gasteiger partial charge on any atom is 0.106 e. The quantitative estimate of drug-likeness (QED) is 0.707. The SMILES string of the molecule is CC(C)NC(C)(C#N)CC(C)OCCC1CC1. The summed E-state index contributed by atoms with van der Waals surface area (Å²) in [4.78, 5) is 0. The summed E-state index contributed by atoms with van der Waals surface area (Å²) in [6.07, 6.45) is 4.83. The van der Waals surface area contributed by atoms with Gasteiger partial charge >= 0.3 is 0 Å². The Kier molecular flexibility index (Phi) is 5.42. The van der Waals surface area contributed by atoms with Crippen LogP contribution in [-0.2, 0) is 4.74 Å². The van der Waals surface area contributed by atoms with Gasteiger partial charge in [0.05, 0.1) is 12.2 Å². The highest BCUT2D eigenvalue weighted by Crippen LogP contribution is 2.32. The second-order valence-corrected chi connectivity index (χ2v) is 5.86. The van der Waals surface area contributed by atoms with E-state index in [1.54, 1.807) is 0 Å². The Balaban J connectivity index is 2.25. The van der Waals surface area contributed by atoms with Gasteiger partial charge in [-0.1, -0.05) is 12.8 Å². The van der Waals surface area contributed by atoms with Gasteiger partial charge in [-0.3, -0.25) is 5.32 Å². The molecular formula is C14H26N2O. The van der Waals surface area contributed by atoms with E-state index < -0.39 is 5.54 Å². The van der Waals surface area contributed by atoms with E-state index in [2.05, 4.69) is 32.2 Å². The van der Waals surface area contributed by atoms with Crippen LogP contribution in [0.1, 0.15) is 53.4 Å². The molecule has 1 saturated carbocycles. The molecule has 3 heteroatoms. The van der Waals surface area contributed by atoms with Crippen molar-refractivity contribution in [2.24, 2.45) is 5.92 Å². The van der Waals surface area contributed by atoms with Gasteiger partial charge in [0.15, 0.2) is 0 Å². The Morgan fingerprint density at radius 2 is 2.06 bits per heavy atom. The molecule has 0 spiro atoms. The second kappa shape index (κ2) is 6.37. The average Bonchev–Trinajstić information content (AvgIpc) is 3.00. The molecule has 1 N–H and O–H groups in total. The van der Waals surface area contributed by atoms with Crippen molar-refractivity contribution < 1.29 is 4.74 Å². The van der Waals surface area contributed by atoms with Crippen molar-refractivity contribution in [1.82, 2.24) is 5.32 Å². The lowest BCUT2D eigenvalue weighted by Gasteiger charge is -2.28. The molecule has 0 aromatic heterocycles. The van der Waals surface area contributed by atoms with Crippen molar-refractivity contribution in [2.75, 3.05) is 6.61 Å². The van der Waals surface area contributed by atoms with Crippen LogP contribution >= 0.6 is 0 Å². The molecule has 0 heterocycles. The third-order valence-electron chi connectivity index (χ3n) is 3.18. The standard InChI is InChI=1S/C14H26N2O/c1-11(2)16-14(4,10-15)9-12(3)17-8-7-13-5-6-13/h11-13,16H,5-9H2,1-4H3. The van der Waals surface area contributed by atoms with Crippen molar-refractivity contribution >= 4 is 0 Å². The highest BCUT2D eigenvalue weighted by molar-refractivity contribution is 5.05. The van der Waals surface area contributed by atoms with Gasteiger partial charge in [-0.25, -0.2) is 0 Å². The Morgan fingerprint density at radius 3 is 2.53 bits per heavy atom. The first kappa shape index (κ1) is 14.5. The summed E-state index contributed by atoms with van der Waals surface area (Å²) < 4.78 is 5.78. The van der Waals surface area contributed by atoms with E-state index in [1.807, 2.05) is 6.92 Å². The van der Waals surface area contributed by atoms with E-state index in [0.29, 0.717) is 6.04 Å². The van der Waals surface area contributed by atoms with Gasteiger partial charge in [0.25, 0.3) is 0 Å². The minimum absolute atomic E-state index is 0.143. The molecule has 0 bridgehead atoms. The molecule has 3 nitrogen and oxygen atoms in total. The van der Waals surface area contributed by atoms with Gasteiger partial charge in [0.2, 0.25) is 0 Å². The van der Waals surface area contributed by atoms with Crippen molar-refractivity contribution in [2.45, 2.75) is 71.1 Å². The molecule has 0 amide bonds. The third-order valence-corrected chi connectivity index (χ3v) is 3.18. The van der Waals surface area contributed by atoms with Crippen molar-refractivity contribution in [3.8, 4) is 6.07 Å². The summed E-state index contributed by atoms with van der Waals surface area (Å²) in [6, 6.07) is 2.68. The molecule has 0 aromatic rings. The molecule has 0 aromatic carbocycles. The smallest absolute Gasteiger partial charge is 0.106 e. The van der Waals surface area contributed by atoms with Crippen LogP contribution in [0.2, 0.25) is 0 Å². The molecule has 98 valence electrons. The van der Waals surface area contributed by atoms with Crippen molar-refractivity contribution in [1.29, 1.82) is 5.26 Å². The van der Waals surface area contributed by atoms with Crippen LogP contribution in [-0.4, -0.2) is 24.3 Å². The molecule has 1 fully saturated rings. The zero-order valence-corrected chi connectivity index (χ0v) is 11.6. The summed E-state index contributed by atoms with van der Waals surface area (Å²) >= 11 is 0.